The van der Waals surface area contributed by atoms with Crippen molar-refractivity contribution in [2.75, 3.05) is 30.2 Å². The number of carbonyl (C=O) groups excluding carboxylic acids is 1. The van der Waals surface area contributed by atoms with Crippen LogP contribution in [0, 0.1) is 0 Å². The van der Waals surface area contributed by atoms with Crippen molar-refractivity contribution in [3.05, 3.63) is 17.8 Å². The van der Waals surface area contributed by atoms with Crippen molar-refractivity contribution in [1.82, 2.24) is 4.98 Å². The summed E-state index contributed by atoms with van der Waals surface area (Å²) in [6.45, 7) is 2.02. The molecule has 1 atom stereocenters. The Bertz CT molecular complexity index is 398. The standard InChI is InChI=1S/C11H17N3O2S/c1-7(6-17-3)14-10-9(11(15)16-2)4-8(12)5-13-10/h4-5,7H,6,12H2,1-3H3,(H,13,14). The molecule has 1 aromatic rings. The molecule has 0 aliphatic rings. The number of aromatic nitrogens is 1. The average molecular weight is 255 g/mol. The average Bonchev–Trinajstić information content (AvgIpc) is 2.30. The minimum atomic E-state index is -0.441. The van der Waals surface area contributed by atoms with Gasteiger partial charge in [0, 0.05) is 11.8 Å². The maximum absolute atomic E-state index is 11.6. The first kappa shape index (κ1) is 13.6. The molecule has 0 amide bonds. The van der Waals surface area contributed by atoms with E-state index >= 15 is 0 Å². The molecule has 1 unspecified atom stereocenters. The van der Waals surface area contributed by atoms with Crippen LogP contribution in [0.3, 0.4) is 0 Å². The zero-order valence-corrected chi connectivity index (χ0v) is 11.0. The number of nitrogens with two attached hydrogens (primary N) is 1. The fourth-order valence-electron chi connectivity index (χ4n) is 1.39. The van der Waals surface area contributed by atoms with Gasteiger partial charge in [0.05, 0.1) is 19.0 Å². The zero-order valence-electron chi connectivity index (χ0n) is 10.2. The van der Waals surface area contributed by atoms with Crippen LogP contribution in [-0.4, -0.2) is 36.1 Å². The van der Waals surface area contributed by atoms with Crippen molar-refractivity contribution in [3.8, 4) is 0 Å². The van der Waals surface area contributed by atoms with Gasteiger partial charge >= 0.3 is 5.97 Å². The van der Waals surface area contributed by atoms with Crippen LogP contribution < -0.4 is 11.1 Å². The van der Waals surface area contributed by atoms with E-state index in [2.05, 4.69) is 10.3 Å². The van der Waals surface area contributed by atoms with E-state index in [-0.39, 0.29) is 6.04 Å². The van der Waals surface area contributed by atoms with Gasteiger partial charge in [0.2, 0.25) is 0 Å². The highest BCUT2D eigenvalue weighted by molar-refractivity contribution is 7.98. The highest BCUT2D eigenvalue weighted by atomic mass is 32.2. The number of anilines is 2. The molecule has 0 saturated heterocycles. The van der Waals surface area contributed by atoms with E-state index in [1.54, 1.807) is 17.8 Å². The molecule has 0 fully saturated rings. The van der Waals surface area contributed by atoms with E-state index in [0.717, 1.165) is 5.75 Å². The number of carbonyl (C=O) groups is 1. The summed E-state index contributed by atoms with van der Waals surface area (Å²) in [4.78, 5) is 15.7. The largest absolute Gasteiger partial charge is 0.465 e. The highest BCUT2D eigenvalue weighted by Crippen LogP contribution is 2.18. The van der Waals surface area contributed by atoms with E-state index in [9.17, 15) is 4.79 Å². The Hall–Kier alpha value is -1.43. The lowest BCUT2D eigenvalue weighted by Gasteiger charge is -2.15. The van der Waals surface area contributed by atoms with Crippen LogP contribution >= 0.6 is 11.8 Å². The number of hydrogen-bond donors (Lipinski definition) is 2. The molecule has 0 aromatic carbocycles. The Morgan fingerprint density at radius 2 is 2.41 bits per heavy atom. The van der Waals surface area contributed by atoms with Crippen LogP contribution in [0.2, 0.25) is 0 Å². The molecule has 3 N–H and O–H groups in total. The van der Waals surface area contributed by atoms with E-state index in [1.165, 1.54) is 13.3 Å². The summed E-state index contributed by atoms with van der Waals surface area (Å²) in [6.07, 6.45) is 3.54. The van der Waals surface area contributed by atoms with Gasteiger partial charge < -0.3 is 15.8 Å². The first-order valence-electron chi connectivity index (χ1n) is 5.17. The van der Waals surface area contributed by atoms with Gasteiger partial charge in [-0.2, -0.15) is 11.8 Å². The Morgan fingerprint density at radius 3 is 3.00 bits per heavy atom. The molecule has 0 aliphatic heterocycles. The van der Waals surface area contributed by atoms with Gasteiger partial charge in [-0.1, -0.05) is 0 Å². The summed E-state index contributed by atoms with van der Waals surface area (Å²) < 4.78 is 4.69. The molecule has 1 rings (SSSR count). The van der Waals surface area contributed by atoms with Crippen molar-refractivity contribution >= 4 is 29.2 Å². The molecule has 0 saturated carbocycles. The first-order chi connectivity index (χ1) is 8.08. The van der Waals surface area contributed by atoms with Crippen molar-refractivity contribution < 1.29 is 9.53 Å². The smallest absolute Gasteiger partial charge is 0.341 e. The molecule has 1 aromatic heterocycles. The van der Waals surface area contributed by atoms with Gasteiger partial charge in [0.1, 0.15) is 11.4 Å². The number of esters is 1. The van der Waals surface area contributed by atoms with Crippen molar-refractivity contribution in [2.24, 2.45) is 0 Å². The van der Waals surface area contributed by atoms with Crippen LogP contribution in [0.4, 0.5) is 11.5 Å². The van der Waals surface area contributed by atoms with Gasteiger partial charge in [-0.25, -0.2) is 9.78 Å². The van der Waals surface area contributed by atoms with Crippen molar-refractivity contribution in [1.29, 1.82) is 0 Å². The quantitative estimate of drug-likeness (QED) is 0.778. The van der Waals surface area contributed by atoms with Crippen LogP contribution in [0.25, 0.3) is 0 Å². The van der Waals surface area contributed by atoms with Crippen LogP contribution in [0.15, 0.2) is 12.3 Å². The fourth-order valence-corrected chi connectivity index (χ4v) is 1.97. The normalized spacial score (nSPS) is 11.9. The van der Waals surface area contributed by atoms with Crippen LogP contribution in [-0.2, 0) is 4.74 Å². The van der Waals surface area contributed by atoms with Crippen LogP contribution in [0.5, 0.6) is 0 Å². The predicted octanol–water partition coefficient (Wildman–Crippen LogP) is 1.61. The number of nitrogens with zero attached hydrogens (tertiary/aromatic N) is 1. The Balaban J connectivity index is 2.94. The molecule has 0 spiro atoms. The monoisotopic (exact) mass is 255 g/mol. The molecular weight excluding hydrogens is 238 g/mol. The van der Waals surface area contributed by atoms with E-state index in [4.69, 9.17) is 10.5 Å². The fraction of sp³-hybridized carbons (Fsp3) is 0.455. The number of thioether (sulfide) groups is 1. The second-order valence-corrected chi connectivity index (χ2v) is 4.57. The molecule has 0 radical (unpaired) electrons. The number of pyridine rings is 1. The van der Waals surface area contributed by atoms with Crippen molar-refractivity contribution in [2.45, 2.75) is 13.0 Å². The molecule has 6 heteroatoms. The van der Waals surface area contributed by atoms with Crippen molar-refractivity contribution in [3.63, 3.8) is 0 Å². The van der Waals surface area contributed by atoms with E-state index in [1.807, 2.05) is 13.2 Å². The lowest BCUT2D eigenvalue weighted by Crippen LogP contribution is -2.21. The minimum Gasteiger partial charge on any atom is -0.465 e. The third-order valence-corrected chi connectivity index (χ3v) is 2.95. The lowest BCUT2D eigenvalue weighted by molar-refractivity contribution is 0.0601. The molecule has 0 aliphatic carbocycles. The number of hydrogen-bond acceptors (Lipinski definition) is 6. The summed E-state index contributed by atoms with van der Waals surface area (Å²) in [7, 11) is 1.33. The van der Waals surface area contributed by atoms with Gasteiger partial charge in [0.25, 0.3) is 0 Å². The molecule has 5 nitrogen and oxygen atoms in total. The maximum atomic E-state index is 11.6. The summed E-state index contributed by atoms with van der Waals surface area (Å²) >= 11 is 1.72. The molecule has 94 valence electrons. The predicted molar refractivity (Wildman–Crippen MR) is 71.5 cm³/mol. The topological polar surface area (TPSA) is 77.2 Å². The van der Waals surface area contributed by atoms with Gasteiger partial charge in [0.15, 0.2) is 0 Å². The third-order valence-electron chi connectivity index (χ3n) is 2.11. The van der Waals surface area contributed by atoms with Gasteiger partial charge in [-0.15, -0.1) is 0 Å². The Morgan fingerprint density at radius 1 is 1.71 bits per heavy atom. The summed E-state index contributed by atoms with van der Waals surface area (Å²) in [5.41, 5.74) is 6.41. The number of ether oxygens (including phenoxy) is 1. The summed E-state index contributed by atoms with van der Waals surface area (Å²) in [5.74, 6) is 0.989. The SMILES string of the molecule is COC(=O)c1cc(N)cnc1NC(C)CSC. The maximum Gasteiger partial charge on any atom is 0.341 e. The number of nitrogen functional groups attached to an aromatic ring is 1. The Kier molecular flexibility index (Phi) is 5.09. The molecular formula is C11H17N3O2S. The Labute approximate surface area is 105 Å². The summed E-state index contributed by atoms with van der Waals surface area (Å²) in [6, 6.07) is 1.78. The van der Waals surface area contributed by atoms with E-state index in [0.29, 0.717) is 17.1 Å². The second kappa shape index (κ2) is 6.34. The number of methoxy groups -OCH3 is 1. The third kappa shape index (κ3) is 3.81. The number of rotatable bonds is 5. The highest BCUT2D eigenvalue weighted by Gasteiger charge is 2.15. The van der Waals surface area contributed by atoms with E-state index < -0.39 is 5.97 Å². The van der Waals surface area contributed by atoms with Crippen LogP contribution in [0.1, 0.15) is 17.3 Å². The molecule has 0 bridgehead atoms. The molecule has 17 heavy (non-hydrogen) atoms. The molecule has 1 heterocycles. The van der Waals surface area contributed by atoms with Gasteiger partial charge in [-0.05, 0) is 19.2 Å². The second-order valence-electron chi connectivity index (χ2n) is 3.66. The lowest BCUT2D eigenvalue weighted by atomic mass is 10.2. The first-order valence-corrected chi connectivity index (χ1v) is 6.57. The van der Waals surface area contributed by atoms with Gasteiger partial charge in [-0.3, -0.25) is 0 Å². The zero-order chi connectivity index (χ0) is 12.8. The summed E-state index contributed by atoms with van der Waals surface area (Å²) in [5, 5.41) is 3.17. The number of nitrogens with one attached hydrogen (secondary N) is 1. The minimum absolute atomic E-state index is 0.213.